The summed E-state index contributed by atoms with van der Waals surface area (Å²) in [6.07, 6.45) is 0.353. The van der Waals surface area contributed by atoms with Crippen molar-refractivity contribution in [1.82, 2.24) is 5.32 Å². The van der Waals surface area contributed by atoms with E-state index in [4.69, 9.17) is 0 Å². The molecule has 0 aromatic heterocycles. The summed E-state index contributed by atoms with van der Waals surface area (Å²) >= 11 is 0. The van der Waals surface area contributed by atoms with Crippen LogP contribution in [0.3, 0.4) is 0 Å². The van der Waals surface area contributed by atoms with Crippen molar-refractivity contribution in [3.63, 3.8) is 0 Å². The zero-order valence-corrected chi connectivity index (χ0v) is 10.8. The number of nitrogens with one attached hydrogen (secondary N) is 1. The molecule has 1 N–H and O–H groups in total. The van der Waals surface area contributed by atoms with Gasteiger partial charge in [-0.25, -0.2) is 8.78 Å². The van der Waals surface area contributed by atoms with Gasteiger partial charge >= 0.3 is 0 Å². The quantitative estimate of drug-likeness (QED) is 0.837. The maximum absolute atomic E-state index is 14.0. The van der Waals surface area contributed by atoms with E-state index in [0.717, 1.165) is 0 Å². The highest BCUT2D eigenvalue weighted by Crippen LogP contribution is 2.31. The molecular weight excluding hydrogens is 252 g/mol. The molecule has 0 radical (unpaired) electrons. The lowest BCUT2D eigenvalue weighted by Gasteiger charge is -2.22. The first kappa shape index (κ1) is 13.6. The summed E-state index contributed by atoms with van der Waals surface area (Å²) in [7, 11) is 0. The lowest BCUT2D eigenvalue weighted by Crippen LogP contribution is -2.39. The molecule has 0 aliphatic carbocycles. The average molecular weight is 267 g/mol. The molecule has 1 atom stereocenters. The molecule has 1 aliphatic rings. The zero-order chi connectivity index (χ0) is 14.2. The van der Waals surface area contributed by atoms with Crippen molar-refractivity contribution < 1.29 is 18.4 Å². The van der Waals surface area contributed by atoms with Crippen molar-refractivity contribution in [3.05, 3.63) is 34.9 Å². The molecule has 2 rings (SSSR count). The minimum absolute atomic E-state index is 0.0203. The molecular formula is C14H15F2NO2. The topological polar surface area (TPSA) is 46.2 Å². The van der Waals surface area contributed by atoms with Crippen LogP contribution in [0.15, 0.2) is 12.1 Å². The van der Waals surface area contributed by atoms with Gasteiger partial charge in [0, 0.05) is 12.0 Å². The standard InChI is InChI=1S/C14H15F2NO2/c1-7(2)8-3-4-9(13(16)12(8)15)10-5-6-11(18)17-14(10)19/h3-4,7,10H,5-6H2,1-2H3,(H,17,18,19). The number of amides is 2. The molecule has 3 nitrogen and oxygen atoms in total. The Labute approximate surface area is 110 Å². The fourth-order valence-corrected chi connectivity index (χ4v) is 2.28. The first-order valence-electron chi connectivity index (χ1n) is 6.23. The molecule has 1 aromatic rings. The number of halogens is 2. The van der Waals surface area contributed by atoms with Crippen molar-refractivity contribution in [2.75, 3.05) is 0 Å². The van der Waals surface area contributed by atoms with Crippen molar-refractivity contribution in [1.29, 1.82) is 0 Å². The Morgan fingerprint density at radius 1 is 1.21 bits per heavy atom. The summed E-state index contributed by atoms with van der Waals surface area (Å²) in [4.78, 5) is 22.7. The first-order valence-corrected chi connectivity index (χ1v) is 6.23. The number of carbonyl (C=O) groups excluding carboxylic acids is 2. The molecule has 102 valence electrons. The molecule has 1 aromatic carbocycles. The molecule has 1 fully saturated rings. The van der Waals surface area contributed by atoms with Gasteiger partial charge in [-0.15, -0.1) is 0 Å². The largest absolute Gasteiger partial charge is 0.296 e. The maximum Gasteiger partial charge on any atom is 0.234 e. The summed E-state index contributed by atoms with van der Waals surface area (Å²) in [6.45, 7) is 3.53. The fraction of sp³-hybridized carbons (Fsp3) is 0.429. The van der Waals surface area contributed by atoms with Gasteiger partial charge in [-0.1, -0.05) is 26.0 Å². The zero-order valence-electron chi connectivity index (χ0n) is 10.8. The Morgan fingerprint density at radius 3 is 2.47 bits per heavy atom. The van der Waals surface area contributed by atoms with Gasteiger partial charge in [0.25, 0.3) is 0 Å². The van der Waals surface area contributed by atoms with Crippen LogP contribution in [0.5, 0.6) is 0 Å². The van der Waals surface area contributed by atoms with Crippen LogP contribution in [0.25, 0.3) is 0 Å². The number of carbonyl (C=O) groups is 2. The SMILES string of the molecule is CC(C)c1ccc(C2CCC(=O)NC2=O)c(F)c1F. The lowest BCUT2D eigenvalue weighted by molar-refractivity contribution is -0.134. The smallest absolute Gasteiger partial charge is 0.234 e. The number of piperidine rings is 1. The normalized spacial score (nSPS) is 19.7. The number of hydrogen-bond donors (Lipinski definition) is 1. The van der Waals surface area contributed by atoms with Crippen molar-refractivity contribution in [2.45, 2.75) is 38.5 Å². The third-order valence-electron chi connectivity index (χ3n) is 3.38. The molecule has 1 saturated heterocycles. The Kier molecular flexibility index (Phi) is 3.64. The molecule has 0 bridgehead atoms. The second kappa shape index (κ2) is 5.07. The Balaban J connectivity index is 2.39. The van der Waals surface area contributed by atoms with E-state index in [-0.39, 0.29) is 35.8 Å². The summed E-state index contributed by atoms with van der Waals surface area (Å²) in [6, 6.07) is 2.94. The van der Waals surface area contributed by atoms with E-state index in [2.05, 4.69) is 5.32 Å². The first-order chi connectivity index (χ1) is 8.91. The monoisotopic (exact) mass is 267 g/mol. The van der Waals surface area contributed by atoms with Crippen LogP contribution in [0.1, 0.15) is 49.7 Å². The van der Waals surface area contributed by atoms with Crippen LogP contribution in [-0.2, 0) is 9.59 Å². The van der Waals surface area contributed by atoms with Crippen LogP contribution in [0.4, 0.5) is 8.78 Å². The predicted molar refractivity (Wildman–Crippen MR) is 65.6 cm³/mol. The van der Waals surface area contributed by atoms with E-state index < -0.39 is 23.5 Å². The number of benzene rings is 1. The number of hydrogen-bond acceptors (Lipinski definition) is 2. The molecule has 1 aliphatic heterocycles. The van der Waals surface area contributed by atoms with Crippen molar-refractivity contribution >= 4 is 11.8 Å². The molecule has 0 saturated carbocycles. The number of rotatable bonds is 2. The summed E-state index contributed by atoms with van der Waals surface area (Å²) < 4.78 is 27.9. The number of imide groups is 1. The second-order valence-electron chi connectivity index (χ2n) is 5.03. The van der Waals surface area contributed by atoms with Gasteiger partial charge in [0.05, 0.1) is 5.92 Å². The summed E-state index contributed by atoms with van der Waals surface area (Å²) in [5, 5.41) is 2.14. The minimum atomic E-state index is -0.985. The lowest BCUT2D eigenvalue weighted by atomic mass is 9.88. The molecule has 0 spiro atoms. The van der Waals surface area contributed by atoms with Crippen LogP contribution in [0, 0.1) is 11.6 Å². The highest BCUT2D eigenvalue weighted by molar-refractivity contribution is 6.00. The van der Waals surface area contributed by atoms with Crippen LogP contribution in [-0.4, -0.2) is 11.8 Å². The molecule has 2 amide bonds. The second-order valence-corrected chi connectivity index (χ2v) is 5.03. The highest BCUT2D eigenvalue weighted by Gasteiger charge is 2.31. The van der Waals surface area contributed by atoms with Gasteiger partial charge in [-0.3, -0.25) is 14.9 Å². The van der Waals surface area contributed by atoms with E-state index in [1.165, 1.54) is 12.1 Å². The van der Waals surface area contributed by atoms with Gasteiger partial charge in [-0.2, -0.15) is 0 Å². The van der Waals surface area contributed by atoms with E-state index in [0.29, 0.717) is 0 Å². The van der Waals surface area contributed by atoms with E-state index in [1.807, 2.05) is 0 Å². The van der Waals surface area contributed by atoms with Crippen LogP contribution >= 0.6 is 0 Å². The van der Waals surface area contributed by atoms with E-state index in [1.54, 1.807) is 13.8 Å². The Bertz CT molecular complexity index is 540. The van der Waals surface area contributed by atoms with E-state index >= 15 is 0 Å². The predicted octanol–water partition coefficient (Wildman–Crippen LogP) is 2.61. The molecule has 1 unspecified atom stereocenters. The van der Waals surface area contributed by atoms with Gasteiger partial charge in [0.1, 0.15) is 0 Å². The summed E-state index contributed by atoms with van der Waals surface area (Å²) in [5.74, 6) is -3.76. The molecule has 1 heterocycles. The van der Waals surface area contributed by atoms with Gasteiger partial charge in [0.15, 0.2) is 11.6 Å². The fourth-order valence-electron chi connectivity index (χ4n) is 2.28. The Hall–Kier alpha value is -1.78. The summed E-state index contributed by atoms with van der Waals surface area (Å²) in [5.41, 5.74) is 0.306. The highest BCUT2D eigenvalue weighted by atomic mass is 19.2. The van der Waals surface area contributed by atoms with Crippen LogP contribution < -0.4 is 5.32 Å². The minimum Gasteiger partial charge on any atom is -0.296 e. The van der Waals surface area contributed by atoms with Crippen molar-refractivity contribution in [2.24, 2.45) is 0 Å². The van der Waals surface area contributed by atoms with Crippen molar-refractivity contribution in [3.8, 4) is 0 Å². The van der Waals surface area contributed by atoms with Crippen LogP contribution in [0.2, 0.25) is 0 Å². The van der Waals surface area contributed by atoms with Gasteiger partial charge < -0.3 is 0 Å². The van der Waals surface area contributed by atoms with E-state index in [9.17, 15) is 18.4 Å². The Morgan fingerprint density at radius 2 is 1.89 bits per heavy atom. The third kappa shape index (κ3) is 2.50. The molecule has 5 heteroatoms. The average Bonchev–Trinajstić information content (AvgIpc) is 2.33. The van der Waals surface area contributed by atoms with Gasteiger partial charge in [0.2, 0.25) is 11.8 Å². The maximum atomic E-state index is 14.0. The molecule has 19 heavy (non-hydrogen) atoms. The van der Waals surface area contributed by atoms with Gasteiger partial charge in [-0.05, 0) is 17.9 Å². The third-order valence-corrected chi connectivity index (χ3v) is 3.38.